The average molecular weight is 299 g/mol. The van der Waals surface area contributed by atoms with Crippen molar-refractivity contribution in [3.63, 3.8) is 0 Å². The summed E-state index contributed by atoms with van der Waals surface area (Å²) in [6, 6.07) is 3.69. The number of hydrogen-bond acceptors (Lipinski definition) is 2. The Hall–Kier alpha value is -1.62. The molecule has 2 rings (SSSR count). The minimum atomic E-state index is -0.714. The summed E-state index contributed by atoms with van der Waals surface area (Å²) >= 11 is 5.71. The van der Waals surface area contributed by atoms with Gasteiger partial charge >= 0.3 is 0 Å². The van der Waals surface area contributed by atoms with Gasteiger partial charge in [0, 0.05) is 10.9 Å². The van der Waals surface area contributed by atoms with Crippen LogP contribution in [0.25, 0.3) is 0 Å². The summed E-state index contributed by atoms with van der Waals surface area (Å²) in [5, 5.41) is 0.259. The SMILES string of the molecule is O=C(NNC(=O)C1CCCCC1)c1cc(Cl)ccc1F. The van der Waals surface area contributed by atoms with E-state index in [1.807, 2.05) is 0 Å². The first-order valence-corrected chi connectivity index (χ1v) is 7.01. The predicted octanol–water partition coefficient (Wildman–Crippen LogP) is 2.82. The predicted molar refractivity (Wildman–Crippen MR) is 73.6 cm³/mol. The molecule has 2 amide bonds. The number of rotatable bonds is 2. The monoisotopic (exact) mass is 298 g/mol. The lowest BCUT2D eigenvalue weighted by Gasteiger charge is -2.20. The second-order valence-electron chi connectivity index (χ2n) is 4.90. The lowest BCUT2D eigenvalue weighted by molar-refractivity contribution is -0.126. The summed E-state index contributed by atoms with van der Waals surface area (Å²) in [5.74, 6) is -1.69. The van der Waals surface area contributed by atoms with E-state index in [1.165, 1.54) is 12.1 Å². The fraction of sp³-hybridized carbons (Fsp3) is 0.429. The van der Waals surface area contributed by atoms with Crippen LogP contribution in [0.15, 0.2) is 18.2 Å². The standard InChI is InChI=1S/C14H16ClFN2O2/c15-10-6-7-12(16)11(8-10)14(20)18-17-13(19)9-4-2-1-3-5-9/h6-9H,1-5H2,(H,17,19)(H,18,20). The fourth-order valence-corrected chi connectivity index (χ4v) is 2.50. The van der Waals surface area contributed by atoms with Gasteiger partial charge in [-0.25, -0.2) is 4.39 Å². The normalized spacial score (nSPS) is 15.7. The lowest BCUT2D eigenvalue weighted by atomic mass is 9.89. The molecule has 0 aromatic heterocycles. The van der Waals surface area contributed by atoms with Crippen molar-refractivity contribution in [2.24, 2.45) is 5.92 Å². The molecule has 1 fully saturated rings. The van der Waals surface area contributed by atoms with E-state index in [0.717, 1.165) is 38.2 Å². The van der Waals surface area contributed by atoms with Crippen LogP contribution in [-0.4, -0.2) is 11.8 Å². The first-order chi connectivity index (χ1) is 9.58. The molecule has 0 unspecified atom stereocenters. The van der Waals surface area contributed by atoms with Crippen molar-refractivity contribution >= 4 is 23.4 Å². The van der Waals surface area contributed by atoms with Gasteiger partial charge in [-0.15, -0.1) is 0 Å². The van der Waals surface area contributed by atoms with E-state index in [1.54, 1.807) is 0 Å². The highest BCUT2D eigenvalue weighted by Gasteiger charge is 2.21. The number of halogens is 2. The van der Waals surface area contributed by atoms with Gasteiger partial charge in [0.1, 0.15) is 5.82 Å². The molecule has 1 saturated carbocycles. The zero-order valence-electron chi connectivity index (χ0n) is 10.9. The molecule has 108 valence electrons. The Bertz CT molecular complexity index is 516. The summed E-state index contributed by atoms with van der Waals surface area (Å²) in [6.07, 6.45) is 4.84. The van der Waals surface area contributed by atoms with Gasteiger partial charge in [0.05, 0.1) is 5.56 Å². The third-order valence-corrected chi connectivity index (χ3v) is 3.68. The molecule has 20 heavy (non-hydrogen) atoms. The van der Waals surface area contributed by atoms with Crippen molar-refractivity contribution in [2.75, 3.05) is 0 Å². The van der Waals surface area contributed by atoms with Crippen molar-refractivity contribution in [2.45, 2.75) is 32.1 Å². The number of amides is 2. The molecule has 6 heteroatoms. The van der Waals surface area contributed by atoms with Crippen LogP contribution in [0, 0.1) is 11.7 Å². The van der Waals surface area contributed by atoms with Crippen LogP contribution < -0.4 is 10.9 Å². The second kappa shape index (κ2) is 6.70. The van der Waals surface area contributed by atoms with Gasteiger partial charge in [-0.3, -0.25) is 20.4 Å². The van der Waals surface area contributed by atoms with Crippen LogP contribution in [0.3, 0.4) is 0 Å². The number of nitrogens with one attached hydrogen (secondary N) is 2. The first-order valence-electron chi connectivity index (χ1n) is 6.63. The molecular weight excluding hydrogens is 283 g/mol. The molecule has 0 atom stereocenters. The maximum Gasteiger partial charge on any atom is 0.272 e. The van der Waals surface area contributed by atoms with Gasteiger partial charge in [0.2, 0.25) is 5.91 Å². The van der Waals surface area contributed by atoms with Crippen molar-refractivity contribution in [3.8, 4) is 0 Å². The number of carbonyl (C=O) groups is 2. The van der Waals surface area contributed by atoms with E-state index >= 15 is 0 Å². The average Bonchev–Trinajstić information content (AvgIpc) is 2.47. The van der Waals surface area contributed by atoms with E-state index in [2.05, 4.69) is 10.9 Å². The zero-order chi connectivity index (χ0) is 14.5. The van der Waals surface area contributed by atoms with Crippen molar-refractivity contribution in [3.05, 3.63) is 34.6 Å². The van der Waals surface area contributed by atoms with E-state index in [4.69, 9.17) is 11.6 Å². The summed E-state index contributed by atoms with van der Waals surface area (Å²) < 4.78 is 13.5. The Morgan fingerprint density at radius 3 is 2.55 bits per heavy atom. The highest BCUT2D eigenvalue weighted by molar-refractivity contribution is 6.31. The van der Waals surface area contributed by atoms with Crippen LogP contribution in [0.4, 0.5) is 4.39 Å². The Balaban J connectivity index is 1.91. The number of carbonyl (C=O) groups excluding carboxylic acids is 2. The molecule has 1 aromatic rings. The summed E-state index contributed by atoms with van der Waals surface area (Å²) in [5.41, 5.74) is 4.38. The van der Waals surface area contributed by atoms with E-state index in [0.29, 0.717) is 0 Å². The van der Waals surface area contributed by atoms with Crippen LogP contribution in [0.5, 0.6) is 0 Å². The van der Waals surface area contributed by atoms with E-state index in [-0.39, 0.29) is 22.4 Å². The van der Waals surface area contributed by atoms with Gasteiger partial charge in [-0.1, -0.05) is 30.9 Å². The van der Waals surface area contributed by atoms with Crippen LogP contribution in [-0.2, 0) is 4.79 Å². The van der Waals surface area contributed by atoms with Crippen molar-refractivity contribution < 1.29 is 14.0 Å². The minimum absolute atomic E-state index is 0.0757. The Morgan fingerprint density at radius 1 is 1.15 bits per heavy atom. The number of hydrazine groups is 1. The Kier molecular flexibility index (Phi) is 4.95. The van der Waals surface area contributed by atoms with Crippen LogP contribution in [0.2, 0.25) is 5.02 Å². The highest BCUT2D eigenvalue weighted by Crippen LogP contribution is 2.23. The molecule has 2 N–H and O–H groups in total. The fourth-order valence-electron chi connectivity index (χ4n) is 2.32. The van der Waals surface area contributed by atoms with Crippen LogP contribution in [0.1, 0.15) is 42.5 Å². The zero-order valence-corrected chi connectivity index (χ0v) is 11.7. The molecule has 1 aliphatic carbocycles. The van der Waals surface area contributed by atoms with Gasteiger partial charge in [-0.05, 0) is 31.0 Å². The third-order valence-electron chi connectivity index (χ3n) is 3.45. The summed E-state index contributed by atoms with van der Waals surface area (Å²) in [6.45, 7) is 0. The largest absolute Gasteiger partial charge is 0.273 e. The molecule has 0 heterocycles. The molecule has 1 aromatic carbocycles. The second-order valence-corrected chi connectivity index (χ2v) is 5.34. The van der Waals surface area contributed by atoms with Crippen LogP contribution >= 0.6 is 11.6 Å². The Morgan fingerprint density at radius 2 is 1.85 bits per heavy atom. The Labute approximate surface area is 121 Å². The van der Waals surface area contributed by atoms with Gasteiger partial charge < -0.3 is 0 Å². The lowest BCUT2D eigenvalue weighted by Crippen LogP contribution is -2.45. The molecule has 4 nitrogen and oxygen atoms in total. The molecule has 0 spiro atoms. The van der Waals surface area contributed by atoms with E-state index < -0.39 is 11.7 Å². The maximum atomic E-state index is 13.5. The van der Waals surface area contributed by atoms with Gasteiger partial charge in [0.15, 0.2) is 0 Å². The van der Waals surface area contributed by atoms with Crippen molar-refractivity contribution in [1.29, 1.82) is 0 Å². The molecule has 0 aliphatic heterocycles. The number of benzene rings is 1. The molecule has 0 saturated heterocycles. The molecule has 0 bridgehead atoms. The first kappa shape index (κ1) is 14.8. The third kappa shape index (κ3) is 3.70. The number of hydrogen-bond donors (Lipinski definition) is 2. The van der Waals surface area contributed by atoms with E-state index in [9.17, 15) is 14.0 Å². The summed E-state index contributed by atoms with van der Waals surface area (Å²) in [4.78, 5) is 23.6. The minimum Gasteiger partial charge on any atom is -0.273 e. The quantitative estimate of drug-likeness (QED) is 0.825. The molecular formula is C14H16ClFN2O2. The molecule has 1 aliphatic rings. The maximum absolute atomic E-state index is 13.5. The van der Waals surface area contributed by atoms with Gasteiger partial charge in [0.25, 0.3) is 5.91 Å². The topological polar surface area (TPSA) is 58.2 Å². The summed E-state index contributed by atoms with van der Waals surface area (Å²) in [7, 11) is 0. The molecule has 0 radical (unpaired) electrons. The highest BCUT2D eigenvalue weighted by atomic mass is 35.5. The van der Waals surface area contributed by atoms with Gasteiger partial charge in [-0.2, -0.15) is 0 Å². The smallest absolute Gasteiger partial charge is 0.272 e. The van der Waals surface area contributed by atoms with Crippen molar-refractivity contribution in [1.82, 2.24) is 10.9 Å².